The van der Waals surface area contributed by atoms with Gasteiger partial charge in [0.2, 0.25) is 0 Å². The van der Waals surface area contributed by atoms with E-state index in [1.54, 1.807) is 0 Å². The van der Waals surface area contributed by atoms with E-state index in [0.717, 1.165) is 31.6 Å². The molecule has 2 amide bonds. The Bertz CT molecular complexity index is 383. The van der Waals surface area contributed by atoms with Crippen LogP contribution >= 0.6 is 0 Å². The predicted octanol–water partition coefficient (Wildman–Crippen LogP) is 2.98. The van der Waals surface area contributed by atoms with Gasteiger partial charge in [0.05, 0.1) is 5.92 Å². The minimum atomic E-state index is -0.411. The van der Waals surface area contributed by atoms with E-state index in [1.165, 1.54) is 25.7 Å². The van der Waals surface area contributed by atoms with Gasteiger partial charge in [-0.25, -0.2) is 4.79 Å². The van der Waals surface area contributed by atoms with Crippen LogP contribution in [0.4, 0.5) is 0 Å². The second-order valence-electron chi connectivity index (χ2n) is 6.21. The van der Waals surface area contributed by atoms with Crippen molar-refractivity contribution in [2.75, 3.05) is 0 Å². The summed E-state index contributed by atoms with van der Waals surface area (Å²) in [4.78, 5) is 39.9. The molecule has 0 bridgehead atoms. The standard InChI is InChI=1S/C16H25NO4/c1-2-3-4-5-12-6-8-13(9-7-12)16(20)21-17-14(18)10-11-15(17)19/h12-13H,2-11H2,1H3. The molecule has 118 valence electrons. The van der Waals surface area contributed by atoms with Crippen molar-refractivity contribution in [1.82, 2.24) is 5.06 Å². The third-order valence-corrected chi connectivity index (χ3v) is 4.58. The molecule has 0 N–H and O–H groups in total. The van der Waals surface area contributed by atoms with Crippen molar-refractivity contribution < 1.29 is 19.2 Å². The van der Waals surface area contributed by atoms with E-state index in [0.29, 0.717) is 5.06 Å². The summed E-state index contributed by atoms with van der Waals surface area (Å²) in [7, 11) is 0. The van der Waals surface area contributed by atoms with Crippen LogP contribution in [0, 0.1) is 11.8 Å². The summed E-state index contributed by atoms with van der Waals surface area (Å²) in [6.45, 7) is 2.20. The SMILES string of the molecule is CCCCCC1CCC(C(=O)ON2C(=O)CCC2=O)CC1. The van der Waals surface area contributed by atoms with Crippen LogP contribution in [0.1, 0.15) is 71.1 Å². The lowest BCUT2D eigenvalue weighted by molar-refractivity contribution is -0.201. The van der Waals surface area contributed by atoms with Crippen LogP contribution in [0.5, 0.6) is 0 Å². The topological polar surface area (TPSA) is 63.7 Å². The first-order valence-electron chi connectivity index (χ1n) is 8.19. The minimum Gasteiger partial charge on any atom is -0.330 e. The van der Waals surface area contributed by atoms with Crippen LogP contribution in [-0.2, 0) is 19.2 Å². The van der Waals surface area contributed by atoms with Gasteiger partial charge >= 0.3 is 5.97 Å². The van der Waals surface area contributed by atoms with E-state index in [1.807, 2.05) is 0 Å². The number of carbonyl (C=O) groups is 3. The fraction of sp³-hybridized carbons (Fsp3) is 0.812. The number of rotatable bonds is 6. The summed E-state index contributed by atoms with van der Waals surface area (Å²) in [6, 6.07) is 0. The molecule has 1 saturated carbocycles. The third-order valence-electron chi connectivity index (χ3n) is 4.58. The molecule has 0 radical (unpaired) electrons. The number of nitrogens with zero attached hydrogens (tertiary/aromatic N) is 1. The maximum absolute atomic E-state index is 12.0. The quantitative estimate of drug-likeness (QED) is 0.558. The number of hydroxylamine groups is 2. The fourth-order valence-electron chi connectivity index (χ4n) is 3.19. The monoisotopic (exact) mass is 295 g/mol. The van der Waals surface area contributed by atoms with Crippen molar-refractivity contribution in [1.29, 1.82) is 0 Å². The average molecular weight is 295 g/mol. The zero-order valence-corrected chi connectivity index (χ0v) is 12.8. The van der Waals surface area contributed by atoms with Crippen LogP contribution in [-0.4, -0.2) is 22.8 Å². The third kappa shape index (κ3) is 4.29. The molecule has 2 aliphatic rings. The van der Waals surface area contributed by atoms with E-state index in [-0.39, 0.29) is 18.8 Å². The van der Waals surface area contributed by atoms with Crippen LogP contribution in [0.25, 0.3) is 0 Å². The molecule has 1 aliphatic heterocycles. The zero-order chi connectivity index (χ0) is 15.2. The highest BCUT2D eigenvalue weighted by molar-refractivity contribution is 6.01. The Labute approximate surface area is 126 Å². The first-order valence-corrected chi connectivity index (χ1v) is 8.19. The molecule has 0 aromatic rings. The van der Waals surface area contributed by atoms with Crippen molar-refractivity contribution in [3.05, 3.63) is 0 Å². The number of hydrogen-bond donors (Lipinski definition) is 0. The summed E-state index contributed by atoms with van der Waals surface area (Å²) in [5.41, 5.74) is 0. The molecular formula is C16H25NO4. The Hall–Kier alpha value is -1.39. The van der Waals surface area contributed by atoms with Crippen LogP contribution in [0.2, 0.25) is 0 Å². The van der Waals surface area contributed by atoms with Crippen LogP contribution < -0.4 is 0 Å². The Morgan fingerprint density at radius 1 is 1.10 bits per heavy atom. The van der Waals surface area contributed by atoms with Crippen molar-refractivity contribution >= 4 is 17.8 Å². The molecule has 21 heavy (non-hydrogen) atoms. The highest BCUT2D eigenvalue weighted by Crippen LogP contribution is 2.33. The van der Waals surface area contributed by atoms with Crippen molar-refractivity contribution in [2.24, 2.45) is 11.8 Å². The largest absolute Gasteiger partial charge is 0.336 e. The average Bonchev–Trinajstić information content (AvgIpc) is 2.80. The molecule has 0 unspecified atom stereocenters. The van der Waals surface area contributed by atoms with E-state index in [4.69, 9.17) is 4.84 Å². The van der Waals surface area contributed by atoms with E-state index < -0.39 is 17.8 Å². The summed E-state index contributed by atoms with van der Waals surface area (Å²) in [5.74, 6) is -0.655. The molecule has 1 aliphatic carbocycles. The van der Waals surface area contributed by atoms with Gasteiger partial charge in [-0.2, -0.15) is 0 Å². The number of imide groups is 1. The second kappa shape index (κ2) is 7.57. The smallest absolute Gasteiger partial charge is 0.330 e. The minimum absolute atomic E-state index is 0.149. The van der Waals surface area contributed by atoms with Gasteiger partial charge in [-0.1, -0.05) is 32.6 Å². The highest BCUT2D eigenvalue weighted by Gasteiger charge is 2.35. The molecule has 2 rings (SSSR count). The van der Waals surface area contributed by atoms with Crippen molar-refractivity contribution in [2.45, 2.75) is 71.1 Å². The maximum atomic E-state index is 12.0. The Morgan fingerprint density at radius 2 is 1.71 bits per heavy atom. The number of unbranched alkanes of at least 4 members (excludes halogenated alkanes) is 2. The predicted molar refractivity (Wildman–Crippen MR) is 76.8 cm³/mol. The Kier molecular flexibility index (Phi) is 5.76. The molecule has 0 aromatic heterocycles. The summed E-state index contributed by atoms with van der Waals surface area (Å²) >= 11 is 0. The number of carbonyl (C=O) groups excluding carboxylic acids is 3. The Balaban J connectivity index is 1.73. The highest BCUT2D eigenvalue weighted by atomic mass is 16.7. The molecule has 0 atom stereocenters. The van der Waals surface area contributed by atoms with E-state index in [9.17, 15) is 14.4 Å². The summed E-state index contributed by atoms with van der Waals surface area (Å²) < 4.78 is 0. The molecule has 5 heteroatoms. The van der Waals surface area contributed by atoms with Crippen LogP contribution in [0.3, 0.4) is 0 Å². The van der Waals surface area contributed by atoms with Gasteiger partial charge in [0, 0.05) is 12.8 Å². The first kappa shape index (κ1) is 16.0. The van der Waals surface area contributed by atoms with Crippen molar-refractivity contribution in [3.63, 3.8) is 0 Å². The first-order chi connectivity index (χ1) is 10.1. The van der Waals surface area contributed by atoms with Gasteiger partial charge in [0.15, 0.2) is 0 Å². The van der Waals surface area contributed by atoms with Gasteiger partial charge in [-0.05, 0) is 31.6 Å². The van der Waals surface area contributed by atoms with Crippen molar-refractivity contribution in [3.8, 4) is 0 Å². The lowest BCUT2D eigenvalue weighted by atomic mass is 9.80. The summed E-state index contributed by atoms with van der Waals surface area (Å²) in [5, 5.41) is 0.662. The molecular weight excluding hydrogens is 270 g/mol. The van der Waals surface area contributed by atoms with E-state index in [2.05, 4.69) is 6.92 Å². The Morgan fingerprint density at radius 3 is 2.29 bits per heavy atom. The van der Waals surface area contributed by atoms with Gasteiger partial charge in [-0.15, -0.1) is 5.06 Å². The van der Waals surface area contributed by atoms with Gasteiger partial charge in [-0.3, -0.25) is 9.59 Å². The van der Waals surface area contributed by atoms with Gasteiger partial charge < -0.3 is 4.84 Å². The van der Waals surface area contributed by atoms with Crippen LogP contribution in [0.15, 0.2) is 0 Å². The number of amides is 2. The molecule has 0 aromatic carbocycles. The molecule has 1 heterocycles. The van der Waals surface area contributed by atoms with Gasteiger partial charge in [0.1, 0.15) is 0 Å². The number of hydrogen-bond acceptors (Lipinski definition) is 4. The molecule has 0 spiro atoms. The molecule has 5 nitrogen and oxygen atoms in total. The second-order valence-corrected chi connectivity index (χ2v) is 6.21. The lowest BCUT2D eigenvalue weighted by Crippen LogP contribution is -2.35. The maximum Gasteiger partial charge on any atom is 0.336 e. The van der Waals surface area contributed by atoms with Gasteiger partial charge in [0.25, 0.3) is 11.8 Å². The molecule has 1 saturated heterocycles. The zero-order valence-electron chi connectivity index (χ0n) is 12.8. The lowest BCUT2D eigenvalue weighted by Gasteiger charge is -2.27. The fourth-order valence-corrected chi connectivity index (χ4v) is 3.19. The van der Waals surface area contributed by atoms with E-state index >= 15 is 0 Å². The summed E-state index contributed by atoms with van der Waals surface area (Å²) in [6.07, 6.45) is 9.05. The normalized spacial score (nSPS) is 26.2. The molecule has 2 fully saturated rings.